The van der Waals surface area contributed by atoms with Crippen LogP contribution in [-0.4, -0.2) is 36.7 Å². The van der Waals surface area contributed by atoms with Crippen LogP contribution in [0.2, 0.25) is 5.02 Å². The number of carbonyl (C=O) groups excluding carboxylic acids is 1. The lowest BCUT2D eigenvalue weighted by Crippen LogP contribution is -2.43. The van der Waals surface area contributed by atoms with E-state index in [9.17, 15) is 14.7 Å². The highest BCUT2D eigenvalue weighted by Gasteiger charge is 2.44. The molecule has 6 rings (SSSR count). The van der Waals surface area contributed by atoms with Crippen LogP contribution in [0.1, 0.15) is 54.1 Å². The Kier molecular flexibility index (Phi) is 4.72. The van der Waals surface area contributed by atoms with E-state index in [1.807, 2.05) is 30.3 Å². The van der Waals surface area contributed by atoms with Crippen molar-refractivity contribution in [2.24, 2.45) is 0 Å². The first-order valence-corrected chi connectivity index (χ1v) is 11.7. The molecule has 3 aromatic rings. The van der Waals surface area contributed by atoms with Gasteiger partial charge in [0.1, 0.15) is 5.69 Å². The van der Waals surface area contributed by atoms with E-state index in [1.165, 1.54) is 10.1 Å². The summed E-state index contributed by atoms with van der Waals surface area (Å²) in [6, 6.07) is 11.3. The fraction of sp³-hybridized carbons (Fsp3) is 0.375. The molecule has 1 aliphatic heterocycles. The Morgan fingerprint density at radius 1 is 1.15 bits per heavy atom. The number of amides is 2. The van der Waals surface area contributed by atoms with Crippen LogP contribution in [0.25, 0.3) is 0 Å². The van der Waals surface area contributed by atoms with Gasteiger partial charge in [0.2, 0.25) is 5.88 Å². The SMILES string of the molecule is O=C(Nc1c(Cl)ccnc1C1CC1)N1CCn2c(c(O)n([C@H]3C[C@@H]3c3ccccc3)c2=O)C1. The maximum absolute atomic E-state index is 13.1. The lowest BCUT2D eigenvalue weighted by atomic mass is 10.1. The highest BCUT2D eigenvalue weighted by molar-refractivity contribution is 6.33. The maximum atomic E-state index is 13.1. The smallest absolute Gasteiger partial charge is 0.331 e. The van der Waals surface area contributed by atoms with E-state index in [0.29, 0.717) is 35.4 Å². The van der Waals surface area contributed by atoms with Crippen LogP contribution in [0.4, 0.5) is 10.5 Å². The summed E-state index contributed by atoms with van der Waals surface area (Å²) in [5, 5.41) is 14.3. The number of benzene rings is 1. The number of pyridine rings is 1. The second kappa shape index (κ2) is 7.66. The van der Waals surface area contributed by atoms with Crippen LogP contribution in [0.5, 0.6) is 5.88 Å². The molecule has 0 radical (unpaired) electrons. The number of halogens is 1. The number of hydrogen-bond acceptors (Lipinski definition) is 4. The van der Waals surface area contributed by atoms with Crippen molar-refractivity contribution in [2.45, 2.75) is 50.2 Å². The van der Waals surface area contributed by atoms with Crippen LogP contribution in [0.15, 0.2) is 47.4 Å². The number of nitrogens with zero attached hydrogens (tertiary/aromatic N) is 4. The average Bonchev–Trinajstić information content (AvgIpc) is 3.75. The predicted octanol–water partition coefficient (Wildman–Crippen LogP) is 4.06. The van der Waals surface area contributed by atoms with Gasteiger partial charge in [0.05, 0.1) is 22.9 Å². The Labute approximate surface area is 195 Å². The number of anilines is 1. The molecule has 2 N–H and O–H groups in total. The van der Waals surface area contributed by atoms with E-state index >= 15 is 0 Å². The van der Waals surface area contributed by atoms with Crippen molar-refractivity contribution in [3.8, 4) is 5.88 Å². The van der Waals surface area contributed by atoms with Gasteiger partial charge in [0, 0.05) is 37.2 Å². The van der Waals surface area contributed by atoms with Gasteiger partial charge in [0.25, 0.3) is 0 Å². The number of carbonyl (C=O) groups is 1. The number of imidazole rings is 1. The Bertz CT molecular complexity index is 1300. The van der Waals surface area contributed by atoms with E-state index in [0.717, 1.165) is 25.0 Å². The largest absolute Gasteiger partial charge is 0.493 e. The van der Waals surface area contributed by atoms with Gasteiger partial charge in [-0.1, -0.05) is 41.9 Å². The molecule has 2 atom stereocenters. The number of aromatic nitrogens is 3. The number of aromatic hydroxyl groups is 1. The van der Waals surface area contributed by atoms with Crippen LogP contribution >= 0.6 is 11.6 Å². The predicted molar refractivity (Wildman–Crippen MR) is 124 cm³/mol. The second-order valence-corrected chi connectivity index (χ2v) is 9.48. The molecule has 0 bridgehead atoms. The number of rotatable bonds is 4. The zero-order chi connectivity index (χ0) is 22.7. The van der Waals surface area contributed by atoms with Crippen molar-refractivity contribution in [2.75, 3.05) is 11.9 Å². The number of urea groups is 1. The van der Waals surface area contributed by atoms with Crippen molar-refractivity contribution < 1.29 is 9.90 Å². The Balaban J connectivity index is 1.23. The van der Waals surface area contributed by atoms with Crippen molar-refractivity contribution in [1.82, 2.24) is 19.0 Å². The number of hydrogen-bond donors (Lipinski definition) is 2. The minimum absolute atomic E-state index is 0.0426. The van der Waals surface area contributed by atoms with Crippen LogP contribution in [-0.2, 0) is 13.1 Å². The van der Waals surface area contributed by atoms with E-state index in [2.05, 4.69) is 10.3 Å². The number of fused-ring (bicyclic) bond motifs is 1. The highest BCUT2D eigenvalue weighted by atomic mass is 35.5. The molecule has 0 unspecified atom stereocenters. The third-order valence-corrected chi connectivity index (χ3v) is 7.23. The molecular weight excluding hydrogens is 442 g/mol. The van der Waals surface area contributed by atoms with Crippen LogP contribution in [0, 0.1) is 0 Å². The Morgan fingerprint density at radius 3 is 2.70 bits per heavy atom. The lowest BCUT2D eigenvalue weighted by Gasteiger charge is -2.28. The summed E-state index contributed by atoms with van der Waals surface area (Å²) in [7, 11) is 0. The van der Waals surface area contributed by atoms with Crippen molar-refractivity contribution in [3.63, 3.8) is 0 Å². The number of nitrogens with one attached hydrogen (secondary N) is 1. The second-order valence-electron chi connectivity index (χ2n) is 9.07. The molecule has 2 fully saturated rings. The Hall–Kier alpha value is -3.26. The van der Waals surface area contributed by atoms with Gasteiger partial charge >= 0.3 is 11.7 Å². The lowest BCUT2D eigenvalue weighted by molar-refractivity contribution is 0.195. The third-order valence-electron chi connectivity index (χ3n) is 6.91. The van der Waals surface area contributed by atoms with Crippen LogP contribution < -0.4 is 11.0 Å². The van der Waals surface area contributed by atoms with Crippen LogP contribution in [0.3, 0.4) is 0 Å². The van der Waals surface area contributed by atoms with E-state index in [4.69, 9.17) is 11.6 Å². The van der Waals surface area contributed by atoms with Gasteiger partial charge in [-0.05, 0) is 30.9 Å². The summed E-state index contributed by atoms with van der Waals surface area (Å²) in [5.41, 5.74) is 2.80. The van der Waals surface area contributed by atoms with Gasteiger partial charge in [-0.25, -0.2) is 9.59 Å². The van der Waals surface area contributed by atoms with Gasteiger partial charge in [-0.15, -0.1) is 0 Å². The van der Waals surface area contributed by atoms with E-state index in [1.54, 1.807) is 21.7 Å². The van der Waals surface area contributed by atoms with Gasteiger partial charge in [0.15, 0.2) is 0 Å². The molecule has 9 heteroatoms. The summed E-state index contributed by atoms with van der Waals surface area (Å²) < 4.78 is 3.09. The summed E-state index contributed by atoms with van der Waals surface area (Å²) in [6.45, 7) is 0.853. The standard InChI is InChI=1S/C24H24ClN5O3/c25-17-8-9-26-20(15-6-7-15)21(17)27-23(32)28-10-11-29-19(13-28)22(31)30(24(29)33)18-12-16(18)14-4-2-1-3-5-14/h1-5,8-9,15-16,18,31H,6-7,10-13H2,(H,27,32)/t16-,18+/m1/s1. The topological polar surface area (TPSA) is 92.4 Å². The van der Waals surface area contributed by atoms with Gasteiger partial charge in [-0.2, -0.15) is 0 Å². The summed E-state index contributed by atoms with van der Waals surface area (Å²) in [5.74, 6) is 0.506. The molecule has 2 aliphatic carbocycles. The first kappa shape index (κ1) is 20.4. The minimum atomic E-state index is -0.314. The Morgan fingerprint density at radius 2 is 1.94 bits per heavy atom. The molecule has 2 aromatic heterocycles. The fourth-order valence-electron chi connectivity index (χ4n) is 4.89. The first-order chi connectivity index (χ1) is 16.0. The van der Waals surface area contributed by atoms with Gasteiger partial charge in [-0.3, -0.25) is 14.1 Å². The molecule has 33 heavy (non-hydrogen) atoms. The first-order valence-electron chi connectivity index (χ1n) is 11.3. The van der Waals surface area contributed by atoms with E-state index in [-0.39, 0.29) is 36.1 Å². The summed E-state index contributed by atoms with van der Waals surface area (Å²) in [6.07, 6.45) is 4.55. The summed E-state index contributed by atoms with van der Waals surface area (Å²) in [4.78, 5) is 32.1. The molecule has 2 saturated carbocycles. The zero-order valence-corrected chi connectivity index (χ0v) is 18.7. The molecule has 0 spiro atoms. The third kappa shape index (κ3) is 3.49. The fourth-order valence-corrected chi connectivity index (χ4v) is 5.09. The molecule has 0 saturated heterocycles. The molecule has 170 valence electrons. The molecule has 2 amide bonds. The highest BCUT2D eigenvalue weighted by Crippen LogP contribution is 2.52. The van der Waals surface area contributed by atoms with Crippen molar-refractivity contribution >= 4 is 23.3 Å². The molecule has 3 heterocycles. The van der Waals surface area contributed by atoms with Crippen molar-refractivity contribution in [3.05, 3.63) is 75.1 Å². The normalized spacial score (nSPS) is 21.5. The monoisotopic (exact) mass is 465 g/mol. The quantitative estimate of drug-likeness (QED) is 0.607. The minimum Gasteiger partial charge on any atom is -0.493 e. The molecule has 3 aliphatic rings. The van der Waals surface area contributed by atoms with E-state index < -0.39 is 0 Å². The molecule has 1 aromatic carbocycles. The maximum Gasteiger partial charge on any atom is 0.331 e. The molecular formula is C24H24ClN5O3. The summed E-state index contributed by atoms with van der Waals surface area (Å²) >= 11 is 6.36. The average molecular weight is 466 g/mol. The van der Waals surface area contributed by atoms with Gasteiger partial charge < -0.3 is 15.3 Å². The van der Waals surface area contributed by atoms with Crippen molar-refractivity contribution in [1.29, 1.82) is 0 Å². The zero-order valence-electron chi connectivity index (χ0n) is 17.9. The molecule has 8 nitrogen and oxygen atoms in total.